The Morgan fingerprint density at radius 1 is 1.48 bits per heavy atom. The van der Waals surface area contributed by atoms with E-state index in [4.69, 9.17) is 27.9 Å². The third-order valence-corrected chi connectivity index (χ3v) is 4.35. The fourth-order valence-electron chi connectivity index (χ4n) is 2.68. The molecule has 0 spiro atoms. The van der Waals surface area contributed by atoms with Gasteiger partial charge in [0, 0.05) is 42.3 Å². The zero-order valence-corrected chi connectivity index (χ0v) is 13.9. The van der Waals surface area contributed by atoms with Crippen LogP contribution in [0.2, 0.25) is 10.0 Å². The van der Waals surface area contributed by atoms with Crippen molar-refractivity contribution in [2.24, 2.45) is 0 Å². The smallest absolute Gasteiger partial charge is 0.138 e. The van der Waals surface area contributed by atoms with Crippen LogP contribution in [0, 0.1) is 0 Å². The zero-order chi connectivity index (χ0) is 15.4. The number of phenolic OH excluding ortho intramolecular Hbond substituents is 1. The van der Waals surface area contributed by atoms with Crippen LogP contribution >= 0.6 is 23.2 Å². The van der Waals surface area contributed by atoms with Crippen LogP contribution in [0.1, 0.15) is 19.4 Å². The molecule has 0 saturated carbocycles. The van der Waals surface area contributed by atoms with Crippen LogP contribution in [0.4, 0.5) is 0 Å². The summed E-state index contributed by atoms with van der Waals surface area (Å²) in [5, 5.41) is 14.1. The molecule has 2 atom stereocenters. The van der Waals surface area contributed by atoms with E-state index in [1.165, 1.54) is 0 Å². The first-order chi connectivity index (χ1) is 9.99. The van der Waals surface area contributed by atoms with Crippen LogP contribution < -0.4 is 5.32 Å². The van der Waals surface area contributed by atoms with Gasteiger partial charge in [-0.05, 0) is 26.0 Å². The molecule has 1 fully saturated rings. The van der Waals surface area contributed by atoms with E-state index in [-0.39, 0.29) is 10.8 Å². The highest BCUT2D eigenvalue weighted by Gasteiger charge is 2.23. The number of morpholine rings is 1. The van der Waals surface area contributed by atoms with Crippen LogP contribution in [0.15, 0.2) is 12.1 Å². The van der Waals surface area contributed by atoms with Crippen LogP contribution in [-0.2, 0) is 11.3 Å². The van der Waals surface area contributed by atoms with E-state index in [0.717, 1.165) is 31.9 Å². The predicted octanol–water partition coefficient (Wildman–Crippen LogP) is 2.90. The van der Waals surface area contributed by atoms with E-state index in [0.29, 0.717) is 23.7 Å². The van der Waals surface area contributed by atoms with E-state index in [1.54, 1.807) is 12.1 Å². The summed E-state index contributed by atoms with van der Waals surface area (Å²) in [6.07, 6.45) is 0. The Labute approximate surface area is 136 Å². The number of halogens is 2. The van der Waals surface area contributed by atoms with Gasteiger partial charge in [-0.15, -0.1) is 0 Å². The first-order valence-corrected chi connectivity index (χ1v) is 7.95. The predicted molar refractivity (Wildman–Crippen MR) is 86.3 cm³/mol. The summed E-state index contributed by atoms with van der Waals surface area (Å²) in [4.78, 5) is 2.43. The zero-order valence-electron chi connectivity index (χ0n) is 12.4. The topological polar surface area (TPSA) is 44.7 Å². The van der Waals surface area contributed by atoms with Gasteiger partial charge in [0.2, 0.25) is 0 Å². The maximum Gasteiger partial charge on any atom is 0.138 e. The van der Waals surface area contributed by atoms with Crippen LogP contribution in [0.3, 0.4) is 0 Å². The van der Waals surface area contributed by atoms with Gasteiger partial charge in [0.1, 0.15) is 5.75 Å². The number of aromatic hydroxyl groups is 1. The molecule has 0 amide bonds. The first-order valence-electron chi connectivity index (χ1n) is 7.20. The number of hydrogen-bond donors (Lipinski definition) is 2. The van der Waals surface area contributed by atoms with Crippen molar-refractivity contribution in [1.82, 2.24) is 10.2 Å². The van der Waals surface area contributed by atoms with Crippen molar-refractivity contribution < 1.29 is 9.84 Å². The fourth-order valence-corrected chi connectivity index (χ4v) is 3.22. The highest BCUT2D eigenvalue weighted by Crippen LogP contribution is 2.30. The summed E-state index contributed by atoms with van der Waals surface area (Å²) < 4.78 is 5.45. The Balaban J connectivity index is 1.86. The largest absolute Gasteiger partial charge is 0.506 e. The minimum Gasteiger partial charge on any atom is -0.506 e. The second-order valence-corrected chi connectivity index (χ2v) is 6.38. The molecule has 4 nitrogen and oxygen atoms in total. The average molecular weight is 333 g/mol. The second kappa shape index (κ2) is 7.65. The van der Waals surface area contributed by atoms with Gasteiger partial charge in [0.15, 0.2) is 0 Å². The van der Waals surface area contributed by atoms with Crippen LogP contribution in [0.25, 0.3) is 0 Å². The maximum atomic E-state index is 9.92. The lowest BCUT2D eigenvalue weighted by Gasteiger charge is -2.38. The molecule has 118 valence electrons. The third-order valence-electron chi connectivity index (χ3n) is 3.85. The lowest BCUT2D eigenvalue weighted by Crippen LogP contribution is -2.51. The van der Waals surface area contributed by atoms with Gasteiger partial charge >= 0.3 is 0 Å². The highest BCUT2D eigenvalue weighted by atomic mass is 35.5. The van der Waals surface area contributed by atoms with Crippen LogP contribution in [0.5, 0.6) is 5.75 Å². The minimum absolute atomic E-state index is 0.0981. The van der Waals surface area contributed by atoms with Crippen molar-refractivity contribution >= 4 is 23.2 Å². The van der Waals surface area contributed by atoms with E-state index < -0.39 is 0 Å². The summed E-state index contributed by atoms with van der Waals surface area (Å²) >= 11 is 11.9. The Bertz CT molecular complexity index is 485. The van der Waals surface area contributed by atoms with Gasteiger partial charge in [0.05, 0.1) is 18.2 Å². The number of nitrogens with one attached hydrogen (secondary N) is 1. The molecule has 0 radical (unpaired) electrons. The molecule has 1 aliphatic rings. The van der Waals surface area contributed by atoms with Gasteiger partial charge < -0.3 is 15.2 Å². The molecule has 1 aromatic rings. The lowest BCUT2D eigenvalue weighted by molar-refractivity contribution is -0.0181. The standard InChI is InChI=1S/C15H22Cl2N2O2/c1-10(19-3-4-21-9-11(19)2)7-18-8-12-5-13(16)6-14(17)15(12)20/h5-6,10-11,18,20H,3-4,7-9H2,1-2H3/t10-,11+/m0/s1. The summed E-state index contributed by atoms with van der Waals surface area (Å²) in [7, 11) is 0. The number of ether oxygens (including phenoxy) is 1. The highest BCUT2D eigenvalue weighted by molar-refractivity contribution is 6.35. The molecule has 0 aromatic heterocycles. The number of nitrogens with zero attached hydrogens (tertiary/aromatic N) is 1. The van der Waals surface area contributed by atoms with Crippen molar-refractivity contribution in [3.8, 4) is 5.75 Å². The van der Waals surface area contributed by atoms with Gasteiger partial charge in [-0.1, -0.05) is 23.2 Å². The van der Waals surface area contributed by atoms with E-state index in [2.05, 4.69) is 24.1 Å². The number of rotatable bonds is 5. The van der Waals surface area contributed by atoms with Gasteiger partial charge in [-0.2, -0.15) is 0 Å². The first kappa shape index (κ1) is 16.8. The molecular formula is C15H22Cl2N2O2. The quantitative estimate of drug-likeness (QED) is 0.870. The van der Waals surface area contributed by atoms with Crippen LogP contribution in [-0.4, -0.2) is 48.4 Å². The van der Waals surface area contributed by atoms with E-state index in [9.17, 15) is 5.11 Å². The number of benzene rings is 1. The molecule has 0 unspecified atom stereocenters. The molecule has 0 bridgehead atoms. The number of phenols is 1. The molecule has 1 heterocycles. The normalized spacial score (nSPS) is 21.4. The summed E-state index contributed by atoms with van der Waals surface area (Å²) in [6.45, 7) is 8.27. The molecule has 1 aliphatic heterocycles. The molecule has 2 rings (SSSR count). The minimum atomic E-state index is 0.0981. The molecule has 1 aromatic carbocycles. The van der Waals surface area contributed by atoms with E-state index >= 15 is 0 Å². The Kier molecular flexibility index (Phi) is 6.14. The summed E-state index contributed by atoms with van der Waals surface area (Å²) in [5.41, 5.74) is 0.717. The van der Waals surface area contributed by atoms with Crippen molar-refractivity contribution in [1.29, 1.82) is 0 Å². The molecular weight excluding hydrogens is 311 g/mol. The van der Waals surface area contributed by atoms with Crippen molar-refractivity contribution in [3.63, 3.8) is 0 Å². The molecule has 1 saturated heterocycles. The number of hydrogen-bond acceptors (Lipinski definition) is 4. The Hall–Kier alpha value is -0.520. The van der Waals surface area contributed by atoms with Crippen molar-refractivity contribution in [2.75, 3.05) is 26.3 Å². The monoisotopic (exact) mass is 332 g/mol. The van der Waals surface area contributed by atoms with Crippen molar-refractivity contribution in [2.45, 2.75) is 32.5 Å². The Morgan fingerprint density at radius 3 is 2.95 bits per heavy atom. The molecule has 0 aliphatic carbocycles. The van der Waals surface area contributed by atoms with Crippen molar-refractivity contribution in [3.05, 3.63) is 27.7 Å². The lowest BCUT2D eigenvalue weighted by atomic mass is 10.1. The third kappa shape index (κ3) is 4.47. The average Bonchev–Trinajstić information content (AvgIpc) is 2.44. The maximum absolute atomic E-state index is 9.92. The molecule has 6 heteroatoms. The van der Waals surface area contributed by atoms with Gasteiger partial charge in [-0.25, -0.2) is 0 Å². The fraction of sp³-hybridized carbons (Fsp3) is 0.600. The Morgan fingerprint density at radius 2 is 2.24 bits per heavy atom. The summed E-state index contributed by atoms with van der Waals surface area (Å²) in [5.74, 6) is 0.0981. The summed E-state index contributed by atoms with van der Waals surface area (Å²) in [6, 6.07) is 4.11. The van der Waals surface area contributed by atoms with E-state index in [1.807, 2.05) is 0 Å². The SMILES string of the molecule is C[C@@H]1COCCN1[C@@H](C)CNCc1cc(Cl)cc(Cl)c1O. The second-order valence-electron chi connectivity index (χ2n) is 5.54. The molecule has 21 heavy (non-hydrogen) atoms. The van der Waals surface area contributed by atoms with Gasteiger partial charge in [0.25, 0.3) is 0 Å². The van der Waals surface area contributed by atoms with Gasteiger partial charge in [-0.3, -0.25) is 4.90 Å². The molecule has 2 N–H and O–H groups in total.